The van der Waals surface area contributed by atoms with Gasteiger partial charge in [0, 0.05) is 17.1 Å². The number of hydrogen-bond donors (Lipinski definition) is 1. The number of halogens is 1. The van der Waals surface area contributed by atoms with Gasteiger partial charge in [0.2, 0.25) is 0 Å². The fourth-order valence-corrected chi connectivity index (χ4v) is 4.16. The molecule has 1 aliphatic heterocycles. The second kappa shape index (κ2) is 7.13. The van der Waals surface area contributed by atoms with Crippen molar-refractivity contribution in [3.05, 3.63) is 34.9 Å². The predicted octanol–water partition coefficient (Wildman–Crippen LogP) is 3.86. The topological polar surface area (TPSA) is 29.3 Å². The molecule has 116 valence electrons. The van der Waals surface area contributed by atoms with Crippen LogP contribution < -0.4 is 5.73 Å². The second-order valence-corrected chi connectivity index (χ2v) is 7.26. The number of nitrogens with two attached hydrogens (primary N) is 1. The van der Waals surface area contributed by atoms with E-state index < -0.39 is 0 Å². The summed E-state index contributed by atoms with van der Waals surface area (Å²) in [6, 6.07) is 9.42. The Balaban J connectivity index is 1.49. The van der Waals surface area contributed by atoms with Crippen molar-refractivity contribution in [3.63, 3.8) is 0 Å². The molecule has 2 fully saturated rings. The van der Waals surface area contributed by atoms with E-state index in [2.05, 4.69) is 17.0 Å². The number of piperidine rings is 1. The van der Waals surface area contributed by atoms with Crippen LogP contribution >= 0.6 is 11.6 Å². The van der Waals surface area contributed by atoms with Gasteiger partial charge in [0.1, 0.15) is 0 Å². The highest BCUT2D eigenvalue weighted by molar-refractivity contribution is 6.30. The van der Waals surface area contributed by atoms with Gasteiger partial charge in [-0.25, -0.2) is 0 Å². The smallest absolute Gasteiger partial charge is 0.0406 e. The maximum Gasteiger partial charge on any atom is 0.0406 e. The Morgan fingerprint density at radius 2 is 1.67 bits per heavy atom. The zero-order valence-electron chi connectivity index (χ0n) is 12.8. The minimum Gasteiger partial charge on any atom is -0.326 e. The fraction of sp³-hybridized carbons (Fsp3) is 0.667. The minimum absolute atomic E-state index is 0.409. The summed E-state index contributed by atoms with van der Waals surface area (Å²) in [6.45, 7) is 2.47. The molecule has 1 aromatic carbocycles. The van der Waals surface area contributed by atoms with E-state index >= 15 is 0 Å². The van der Waals surface area contributed by atoms with Crippen LogP contribution in [0.2, 0.25) is 5.02 Å². The van der Waals surface area contributed by atoms with Crippen molar-refractivity contribution in [2.24, 2.45) is 11.7 Å². The van der Waals surface area contributed by atoms with Gasteiger partial charge in [-0.2, -0.15) is 0 Å². The van der Waals surface area contributed by atoms with Gasteiger partial charge in [-0.1, -0.05) is 36.6 Å². The third-order valence-corrected chi connectivity index (χ3v) is 5.59. The van der Waals surface area contributed by atoms with Crippen molar-refractivity contribution in [2.75, 3.05) is 13.1 Å². The predicted molar refractivity (Wildman–Crippen MR) is 89.7 cm³/mol. The molecule has 1 heterocycles. The summed E-state index contributed by atoms with van der Waals surface area (Å²) in [6.07, 6.45) is 9.03. The van der Waals surface area contributed by atoms with Crippen LogP contribution in [0.5, 0.6) is 0 Å². The largest absolute Gasteiger partial charge is 0.326 e. The Kier molecular flexibility index (Phi) is 5.20. The van der Waals surface area contributed by atoms with E-state index in [-0.39, 0.29) is 0 Å². The van der Waals surface area contributed by atoms with Crippen molar-refractivity contribution in [3.8, 4) is 0 Å². The Morgan fingerprint density at radius 3 is 2.33 bits per heavy atom. The quantitative estimate of drug-likeness (QED) is 0.918. The fourth-order valence-electron chi connectivity index (χ4n) is 4.04. The molecular formula is C18H27ClN2. The minimum atomic E-state index is 0.409. The Morgan fingerprint density at radius 1 is 1.00 bits per heavy atom. The van der Waals surface area contributed by atoms with Crippen LogP contribution in [-0.4, -0.2) is 30.1 Å². The third-order valence-electron chi connectivity index (χ3n) is 5.34. The lowest BCUT2D eigenvalue weighted by atomic mass is 9.85. The molecule has 3 rings (SSSR count). The van der Waals surface area contributed by atoms with Crippen molar-refractivity contribution in [2.45, 2.75) is 57.0 Å². The SMILES string of the molecule is N[C@@H]1CCCC[C@@H]1N1CCC(Cc2ccc(Cl)cc2)CC1. The number of rotatable bonds is 3. The lowest BCUT2D eigenvalue weighted by Gasteiger charge is -2.42. The van der Waals surface area contributed by atoms with E-state index in [4.69, 9.17) is 17.3 Å². The maximum atomic E-state index is 6.33. The van der Waals surface area contributed by atoms with Gasteiger partial charge in [0.25, 0.3) is 0 Å². The molecule has 0 amide bonds. The van der Waals surface area contributed by atoms with Gasteiger partial charge in [-0.05, 0) is 68.8 Å². The van der Waals surface area contributed by atoms with Gasteiger partial charge in [-0.3, -0.25) is 4.90 Å². The molecule has 0 aromatic heterocycles. The molecule has 1 saturated heterocycles. The highest BCUT2D eigenvalue weighted by Crippen LogP contribution is 2.28. The van der Waals surface area contributed by atoms with Gasteiger partial charge < -0.3 is 5.73 Å². The van der Waals surface area contributed by atoms with Crippen LogP contribution in [0.25, 0.3) is 0 Å². The highest BCUT2D eigenvalue weighted by Gasteiger charge is 2.30. The molecule has 1 aliphatic carbocycles. The molecule has 2 N–H and O–H groups in total. The van der Waals surface area contributed by atoms with E-state index in [0.29, 0.717) is 12.1 Å². The molecule has 2 nitrogen and oxygen atoms in total. The molecule has 2 aliphatic rings. The average Bonchev–Trinajstić information content (AvgIpc) is 2.51. The van der Waals surface area contributed by atoms with E-state index in [0.717, 1.165) is 10.9 Å². The van der Waals surface area contributed by atoms with Crippen LogP contribution in [0.15, 0.2) is 24.3 Å². The first-order valence-corrected chi connectivity index (χ1v) is 8.84. The number of hydrogen-bond acceptors (Lipinski definition) is 2. The van der Waals surface area contributed by atoms with Gasteiger partial charge >= 0.3 is 0 Å². The summed E-state index contributed by atoms with van der Waals surface area (Å²) in [5.41, 5.74) is 7.75. The zero-order chi connectivity index (χ0) is 14.7. The molecule has 2 atom stereocenters. The number of nitrogens with zero attached hydrogens (tertiary/aromatic N) is 1. The van der Waals surface area contributed by atoms with Crippen LogP contribution in [0, 0.1) is 5.92 Å². The Hall–Kier alpha value is -0.570. The van der Waals surface area contributed by atoms with E-state index in [9.17, 15) is 0 Å². The van der Waals surface area contributed by atoms with Crippen LogP contribution in [0.3, 0.4) is 0 Å². The summed E-state index contributed by atoms with van der Waals surface area (Å²) in [5, 5.41) is 0.833. The van der Waals surface area contributed by atoms with Crippen molar-refractivity contribution < 1.29 is 0 Å². The maximum absolute atomic E-state index is 6.33. The molecule has 21 heavy (non-hydrogen) atoms. The summed E-state index contributed by atoms with van der Waals surface area (Å²) < 4.78 is 0. The zero-order valence-corrected chi connectivity index (χ0v) is 13.6. The Labute approximate surface area is 133 Å². The molecular weight excluding hydrogens is 280 g/mol. The van der Waals surface area contributed by atoms with Crippen LogP contribution in [0.4, 0.5) is 0 Å². The molecule has 1 aromatic rings. The van der Waals surface area contributed by atoms with Crippen LogP contribution in [0.1, 0.15) is 44.1 Å². The summed E-state index contributed by atoms with van der Waals surface area (Å²) in [4.78, 5) is 2.67. The van der Waals surface area contributed by atoms with E-state index in [1.165, 1.54) is 63.6 Å². The standard InChI is InChI=1S/C18H27ClN2/c19-16-7-5-14(6-8-16)13-15-9-11-21(12-10-15)18-4-2-1-3-17(18)20/h5-8,15,17-18H,1-4,9-13,20H2/t17-,18+/m1/s1. The Bertz CT molecular complexity index is 437. The number of likely N-dealkylation sites (tertiary alicyclic amines) is 1. The van der Waals surface area contributed by atoms with E-state index in [1.54, 1.807) is 0 Å². The molecule has 1 saturated carbocycles. The molecule has 0 radical (unpaired) electrons. The molecule has 3 heteroatoms. The van der Waals surface area contributed by atoms with Gasteiger partial charge in [0.15, 0.2) is 0 Å². The van der Waals surface area contributed by atoms with Gasteiger partial charge in [0.05, 0.1) is 0 Å². The highest BCUT2D eigenvalue weighted by atomic mass is 35.5. The molecule has 0 bridgehead atoms. The second-order valence-electron chi connectivity index (χ2n) is 6.83. The molecule has 0 spiro atoms. The first-order chi connectivity index (χ1) is 10.2. The van der Waals surface area contributed by atoms with E-state index in [1.807, 2.05) is 12.1 Å². The third kappa shape index (κ3) is 4.00. The normalized spacial score (nSPS) is 28.7. The summed E-state index contributed by atoms with van der Waals surface area (Å²) in [5.74, 6) is 0.822. The summed E-state index contributed by atoms with van der Waals surface area (Å²) in [7, 11) is 0. The van der Waals surface area contributed by atoms with Crippen molar-refractivity contribution >= 4 is 11.6 Å². The average molecular weight is 307 g/mol. The lowest BCUT2D eigenvalue weighted by Crippen LogP contribution is -2.52. The first kappa shape index (κ1) is 15.3. The summed E-state index contributed by atoms with van der Waals surface area (Å²) >= 11 is 5.95. The van der Waals surface area contributed by atoms with Crippen LogP contribution in [-0.2, 0) is 6.42 Å². The first-order valence-electron chi connectivity index (χ1n) is 8.46. The molecule has 0 unspecified atom stereocenters. The van der Waals surface area contributed by atoms with Crippen molar-refractivity contribution in [1.29, 1.82) is 0 Å². The number of benzene rings is 1. The lowest BCUT2D eigenvalue weighted by molar-refractivity contribution is 0.0937. The van der Waals surface area contributed by atoms with Gasteiger partial charge in [-0.15, -0.1) is 0 Å². The van der Waals surface area contributed by atoms with Crippen molar-refractivity contribution in [1.82, 2.24) is 4.90 Å². The monoisotopic (exact) mass is 306 g/mol.